The Bertz CT molecular complexity index is 656. The van der Waals surface area contributed by atoms with Gasteiger partial charge in [0, 0.05) is 11.6 Å². The van der Waals surface area contributed by atoms with Crippen molar-refractivity contribution in [2.75, 3.05) is 13.2 Å². The summed E-state index contributed by atoms with van der Waals surface area (Å²) in [4.78, 5) is 11.6. The summed E-state index contributed by atoms with van der Waals surface area (Å²) in [5.74, 6) is -0.775. The Labute approximate surface area is 132 Å². The van der Waals surface area contributed by atoms with Crippen molar-refractivity contribution in [2.24, 2.45) is 5.14 Å². The van der Waals surface area contributed by atoms with Crippen molar-refractivity contribution < 1.29 is 22.7 Å². The number of sulfonamides is 1. The average Bonchev–Trinajstić information content (AvgIpc) is 2.90. The van der Waals surface area contributed by atoms with Crippen LogP contribution in [0.25, 0.3) is 0 Å². The smallest absolute Gasteiger partial charge is 0.339 e. The molecule has 1 atom stereocenters. The van der Waals surface area contributed by atoms with Gasteiger partial charge in [0.2, 0.25) is 10.0 Å². The summed E-state index contributed by atoms with van der Waals surface area (Å²) in [6, 6.07) is 2.31. The first-order valence-corrected chi connectivity index (χ1v) is 8.40. The van der Waals surface area contributed by atoms with Crippen LogP contribution >= 0.6 is 23.2 Å². The molecule has 1 fully saturated rings. The Morgan fingerprint density at radius 3 is 2.71 bits per heavy atom. The molecule has 1 saturated heterocycles. The van der Waals surface area contributed by atoms with E-state index in [0.29, 0.717) is 6.61 Å². The maximum absolute atomic E-state index is 12.0. The van der Waals surface area contributed by atoms with E-state index in [2.05, 4.69) is 0 Å². The van der Waals surface area contributed by atoms with Gasteiger partial charge in [0.15, 0.2) is 0 Å². The molecule has 116 valence electrons. The first-order valence-electron chi connectivity index (χ1n) is 6.09. The summed E-state index contributed by atoms with van der Waals surface area (Å²) in [6.45, 7) is 0.710. The largest absolute Gasteiger partial charge is 0.459 e. The summed E-state index contributed by atoms with van der Waals surface area (Å²) < 4.78 is 33.2. The summed E-state index contributed by atoms with van der Waals surface area (Å²) >= 11 is 11.7. The number of nitrogens with two attached hydrogens (primary N) is 1. The van der Waals surface area contributed by atoms with Crippen LogP contribution in [0.3, 0.4) is 0 Å². The molecule has 21 heavy (non-hydrogen) atoms. The standard InChI is InChI=1S/C12H13Cl2NO5S/c13-7-4-9(11(14)10(5-7)21(15,17)18)12(16)20-6-8-2-1-3-19-8/h4-5,8H,1-3,6H2,(H2,15,17,18). The number of hydrogen-bond donors (Lipinski definition) is 1. The molecule has 0 bridgehead atoms. The van der Waals surface area contributed by atoms with E-state index in [4.69, 9.17) is 37.8 Å². The number of esters is 1. The first-order chi connectivity index (χ1) is 9.79. The van der Waals surface area contributed by atoms with Crippen molar-refractivity contribution in [3.8, 4) is 0 Å². The molecule has 9 heteroatoms. The van der Waals surface area contributed by atoms with Gasteiger partial charge in [0.05, 0.1) is 16.7 Å². The molecule has 2 rings (SSSR count). The first kappa shape index (κ1) is 16.5. The number of hydrogen-bond acceptors (Lipinski definition) is 5. The lowest BCUT2D eigenvalue weighted by Gasteiger charge is -2.12. The zero-order valence-corrected chi connectivity index (χ0v) is 13.2. The van der Waals surface area contributed by atoms with E-state index in [-0.39, 0.29) is 28.3 Å². The molecular formula is C12H13Cl2NO5S. The van der Waals surface area contributed by atoms with E-state index >= 15 is 0 Å². The lowest BCUT2D eigenvalue weighted by atomic mass is 10.2. The minimum atomic E-state index is -4.09. The number of rotatable bonds is 4. The summed E-state index contributed by atoms with van der Waals surface area (Å²) in [5.41, 5.74) is -0.147. The van der Waals surface area contributed by atoms with Gasteiger partial charge in [0.1, 0.15) is 11.5 Å². The van der Waals surface area contributed by atoms with E-state index < -0.39 is 20.9 Å². The molecule has 0 spiro atoms. The topological polar surface area (TPSA) is 95.7 Å². The van der Waals surface area contributed by atoms with Crippen LogP contribution in [0, 0.1) is 0 Å². The highest BCUT2D eigenvalue weighted by atomic mass is 35.5. The predicted molar refractivity (Wildman–Crippen MR) is 77.1 cm³/mol. The van der Waals surface area contributed by atoms with Crippen LogP contribution in [-0.4, -0.2) is 33.7 Å². The third-order valence-electron chi connectivity index (χ3n) is 2.95. The summed E-state index contributed by atoms with van der Waals surface area (Å²) in [5, 5.41) is 4.74. The maximum Gasteiger partial charge on any atom is 0.339 e. The van der Waals surface area contributed by atoms with Crippen molar-refractivity contribution in [1.82, 2.24) is 0 Å². The zero-order valence-electron chi connectivity index (χ0n) is 10.8. The molecule has 6 nitrogen and oxygen atoms in total. The SMILES string of the molecule is NS(=O)(=O)c1cc(Cl)cc(C(=O)OCC2CCCO2)c1Cl. The number of benzene rings is 1. The highest BCUT2D eigenvalue weighted by molar-refractivity contribution is 7.89. The van der Waals surface area contributed by atoms with Crippen molar-refractivity contribution in [3.63, 3.8) is 0 Å². The Morgan fingerprint density at radius 1 is 1.43 bits per heavy atom. The van der Waals surface area contributed by atoms with Gasteiger partial charge >= 0.3 is 5.97 Å². The van der Waals surface area contributed by atoms with Gasteiger partial charge in [0.25, 0.3) is 0 Å². The van der Waals surface area contributed by atoms with Crippen LogP contribution in [0.1, 0.15) is 23.2 Å². The molecule has 0 radical (unpaired) electrons. The Balaban J connectivity index is 2.22. The molecule has 2 N–H and O–H groups in total. The second-order valence-electron chi connectivity index (χ2n) is 4.54. The van der Waals surface area contributed by atoms with Crippen LogP contribution < -0.4 is 5.14 Å². The van der Waals surface area contributed by atoms with Crippen molar-refractivity contribution >= 4 is 39.2 Å². The monoisotopic (exact) mass is 353 g/mol. The highest BCUT2D eigenvalue weighted by Gasteiger charge is 2.24. The van der Waals surface area contributed by atoms with Crippen molar-refractivity contribution in [3.05, 3.63) is 27.7 Å². The van der Waals surface area contributed by atoms with E-state index in [0.717, 1.165) is 18.9 Å². The molecule has 0 aromatic heterocycles. The third-order valence-corrected chi connectivity index (χ3v) is 4.63. The summed E-state index contributed by atoms with van der Waals surface area (Å²) in [6.07, 6.45) is 1.57. The number of carbonyl (C=O) groups excluding carboxylic acids is 1. The van der Waals surface area contributed by atoms with Gasteiger partial charge in [-0.15, -0.1) is 0 Å². The predicted octanol–water partition coefficient (Wildman–Crippen LogP) is 1.98. The van der Waals surface area contributed by atoms with Gasteiger partial charge in [-0.1, -0.05) is 23.2 Å². The fourth-order valence-electron chi connectivity index (χ4n) is 1.94. The van der Waals surface area contributed by atoms with Crippen LogP contribution in [-0.2, 0) is 19.5 Å². The fourth-order valence-corrected chi connectivity index (χ4v) is 3.38. The molecule has 0 aliphatic carbocycles. The second kappa shape index (κ2) is 6.50. The molecular weight excluding hydrogens is 341 g/mol. The van der Waals surface area contributed by atoms with Crippen LogP contribution in [0.15, 0.2) is 17.0 Å². The fraction of sp³-hybridized carbons (Fsp3) is 0.417. The normalized spacial score (nSPS) is 18.7. The van der Waals surface area contributed by atoms with E-state index in [1.165, 1.54) is 6.07 Å². The van der Waals surface area contributed by atoms with E-state index in [1.807, 2.05) is 0 Å². The summed E-state index contributed by atoms with van der Waals surface area (Å²) in [7, 11) is -4.09. The van der Waals surface area contributed by atoms with Crippen LogP contribution in [0.2, 0.25) is 10.0 Å². The number of ether oxygens (including phenoxy) is 2. The lowest BCUT2D eigenvalue weighted by molar-refractivity contribution is 0.0161. The van der Waals surface area contributed by atoms with Crippen molar-refractivity contribution in [1.29, 1.82) is 0 Å². The quantitative estimate of drug-likeness (QED) is 0.834. The van der Waals surface area contributed by atoms with E-state index in [9.17, 15) is 13.2 Å². The Hall–Kier alpha value is -0.860. The minimum absolute atomic E-state index is 0.0208. The highest BCUT2D eigenvalue weighted by Crippen LogP contribution is 2.29. The molecule has 1 aliphatic heterocycles. The zero-order chi connectivity index (χ0) is 15.6. The van der Waals surface area contributed by atoms with Crippen molar-refractivity contribution in [2.45, 2.75) is 23.8 Å². The van der Waals surface area contributed by atoms with Crippen LogP contribution in [0.4, 0.5) is 0 Å². The average molecular weight is 354 g/mol. The molecule has 1 aromatic carbocycles. The Kier molecular flexibility index (Phi) is 5.11. The van der Waals surface area contributed by atoms with Crippen LogP contribution in [0.5, 0.6) is 0 Å². The number of carbonyl (C=O) groups is 1. The van der Waals surface area contributed by atoms with Gasteiger partial charge in [-0.05, 0) is 25.0 Å². The Morgan fingerprint density at radius 2 is 2.14 bits per heavy atom. The lowest BCUT2D eigenvalue weighted by Crippen LogP contribution is -2.19. The molecule has 0 saturated carbocycles. The van der Waals surface area contributed by atoms with Gasteiger partial charge in [-0.3, -0.25) is 0 Å². The third kappa shape index (κ3) is 4.08. The number of primary sulfonamides is 1. The van der Waals surface area contributed by atoms with E-state index in [1.54, 1.807) is 0 Å². The molecule has 1 unspecified atom stereocenters. The molecule has 1 aromatic rings. The van der Waals surface area contributed by atoms with Gasteiger partial charge < -0.3 is 9.47 Å². The number of halogens is 2. The van der Waals surface area contributed by atoms with Gasteiger partial charge in [-0.2, -0.15) is 0 Å². The maximum atomic E-state index is 12.0. The molecule has 1 aliphatic rings. The minimum Gasteiger partial charge on any atom is -0.459 e. The van der Waals surface area contributed by atoms with Gasteiger partial charge in [-0.25, -0.2) is 18.4 Å². The molecule has 1 heterocycles. The second-order valence-corrected chi connectivity index (χ2v) is 6.89. The molecule has 0 amide bonds.